The highest BCUT2D eigenvalue weighted by Gasteiger charge is 2.34. The lowest BCUT2D eigenvalue weighted by molar-refractivity contribution is -0.122. The monoisotopic (exact) mass is 340 g/mol. The van der Waals surface area contributed by atoms with Crippen LogP contribution in [0.1, 0.15) is 5.56 Å². The summed E-state index contributed by atoms with van der Waals surface area (Å²) in [6.07, 6.45) is 1.72. The van der Waals surface area contributed by atoms with E-state index in [-0.39, 0.29) is 17.8 Å². The Hall–Kier alpha value is -2.73. The van der Waals surface area contributed by atoms with E-state index in [1.54, 1.807) is 13.2 Å². The first-order valence-electron chi connectivity index (χ1n) is 7.36. The van der Waals surface area contributed by atoms with Crippen LogP contribution in [-0.4, -0.2) is 29.8 Å². The number of nitrogens with one attached hydrogen (secondary N) is 1. The van der Waals surface area contributed by atoms with Crippen molar-refractivity contribution in [3.63, 3.8) is 0 Å². The minimum Gasteiger partial charge on any atom is -0.497 e. The lowest BCUT2D eigenvalue weighted by atomic mass is 10.2. The van der Waals surface area contributed by atoms with Crippen LogP contribution in [-0.2, 0) is 4.79 Å². The summed E-state index contributed by atoms with van der Waals surface area (Å²) in [6, 6.07) is 16.8. The summed E-state index contributed by atoms with van der Waals surface area (Å²) in [5.41, 5.74) is 1.70. The molecule has 0 bridgehead atoms. The zero-order valence-corrected chi connectivity index (χ0v) is 13.9. The van der Waals surface area contributed by atoms with Crippen molar-refractivity contribution in [2.45, 2.75) is 0 Å². The summed E-state index contributed by atoms with van der Waals surface area (Å²) in [5, 5.41) is 2.80. The van der Waals surface area contributed by atoms with Crippen LogP contribution in [0.4, 0.5) is 10.5 Å². The van der Waals surface area contributed by atoms with Gasteiger partial charge in [0.2, 0.25) is 0 Å². The predicted molar refractivity (Wildman–Crippen MR) is 95.7 cm³/mol. The molecular weight excluding hydrogens is 324 g/mol. The van der Waals surface area contributed by atoms with Crippen molar-refractivity contribution in [3.05, 3.63) is 65.1 Å². The molecule has 6 heteroatoms. The number of anilines is 1. The Labute approximate surface area is 144 Å². The summed E-state index contributed by atoms with van der Waals surface area (Å²) < 4.78 is 5.10. The third-order valence-electron chi connectivity index (χ3n) is 3.50. The summed E-state index contributed by atoms with van der Waals surface area (Å²) >= 11 is 0.949. The van der Waals surface area contributed by atoms with Gasteiger partial charge in [0.1, 0.15) is 5.75 Å². The molecule has 0 aliphatic carbocycles. The first-order valence-corrected chi connectivity index (χ1v) is 8.17. The van der Waals surface area contributed by atoms with Gasteiger partial charge in [-0.15, -0.1) is 0 Å². The second-order valence-corrected chi connectivity index (χ2v) is 6.08. The Morgan fingerprint density at radius 2 is 1.79 bits per heavy atom. The molecule has 1 heterocycles. The van der Waals surface area contributed by atoms with Gasteiger partial charge in [0.25, 0.3) is 11.1 Å². The largest absolute Gasteiger partial charge is 0.497 e. The van der Waals surface area contributed by atoms with Crippen molar-refractivity contribution in [1.29, 1.82) is 0 Å². The molecule has 2 amide bonds. The van der Waals surface area contributed by atoms with Crippen molar-refractivity contribution in [3.8, 4) is 5.75 Å². The Balaban J connectivity index is 1.69. The molecule has 0 atom stereocenters. The number of benzene rings is 2. The summed E-state index contributed by atoms with van der Waals surface area (Å²) in [4.78, 5) is 26.1. The second kappa shape index (κ2) is 7.23. The van der Waals surface area contributed by atoms with Crippen LogP contribution in [0.25, 0.3) is 6.08 Å². The number of carbonyl (C=O) groups excluding carboxylic acids is 2. The van der Waals surface area contributed by atoms with Gasteiger partial charge in [-0.3, -0.25) is 14.5 Å². The first-order chi connectivity index (χ1) is 11.7. The van der Waals surface area contributed by atoms with Gasteiger partial charge in [-0.05, 0) is 47.7 Å². The number of amides is 2. The smallest absolute Gasteiger partial charge is 0.295 e. The zero-order valence-electron chi connectivity index (χ0n) is 13.1. The average Bonchev–Trinajstić information content (AvgIpc) is 2.88. The molecule has 2 aromatic carbocycles. The normalized spacial score (nSPS) is 15.9. The van der Waals surface area contributed by atoms with Gasteiger partial charge in [-0.25, -0.2) is 0 Å². The molecule has 0 unspecified atom stereocenters. The molecule has 5 nitrogen and oxygen atoms in total. The van der Waals surface area contributed by atoms with E-state index in [0.29, 0.717) is 4.91 Å². The van der Waals surface area contributed by atoms with Crippen molar-refractivity contribution in [2.24, 2.45) is 0 Å². The molecule has 24 heavy (non-hydrogen) atoms. The quantitative estimate of drug-likeness (QED) is 0.839. The molecule has 0 aromatic heterocycles. The van der Waals surface area contributed by atoms with E-state index in [9.17, 15) is 9.59 Å². The van der Waals surface area contributed by atoms with E-state index < -0.39 is 0 Å². The SMILES string of the molecule is COc1ccc(/C=C2/SC(=O)N(CNc3ccccc3)C2=O)cc1. The maximum Gasteiger partial charge on any atom is 0.295 e. The number of thioether (sulfide) groups is 1. The molecule has 1 fully saturated rings. The van der Waals surface area contributed by atoms with Crippen LogP contribution in [0.15, 0.2) is 59.5 Å². The molecular formula is C18H16N2O3S. The topological polar surface area (TPSA) is 58.6 Å². The van der Waals surface area contributed by atoms with Crippen molar-refractivity contribution < 1.29 is 14.3 Å². The number of nitrogens with zero attached hydrogens (tertiary/aromatic N) is 1. The van der Waals surface area contributed by atoms with E-state index in [1.165, 1.54) is 4.90 Å². The van der Waals surface area contributed by atoms with E-state index in [0.717, 1.165) is 28.8 Å². The Bertz CT molecular complexity index is 773. The van der Waals surface area contributed by atoms with E-state index in [4.69, 9.17) is 4.74 Å². The number of rotatable bonds is 5. The fraction of sp³-hybridized carbons (Fsp3) is 0.111. The molecule has 122 valence electrons. The summed E-state index contributed by atoms with van der Waals surface area (Å²) in [6.45, 7) is 0.147. The highest BCUT2D eigenvalue weighted by molar-refractivity contribution is 8.18. The second-order valence-electron chi connectivity index (χ2n) is 5.08. The lowest BCUT2D eigenvalue weighted by Gasteiger charge is -2.14. The third-order valence-corrected chi connectivity index (χ3v) is 4.41. The molecule has 1 saturated heterocycles. The number of para-hydroxylation sites is 1. The van der Waals surface area contributed by atoms with Gasteiger partial charge in [-0.1, -0.05) is 30.3 Å². The van der Waals surface area contributed by atoms with Crippen LogP contribution in [0, 0.1) is 0 Å². The standard InChI is InChI=1S/C18H16N2O3S/c1-23-15-9-7-13(8-10-15)11-16-17(21)20(18(22)24-16)12-19-14-5-3-2-4-6-14/h2-11,19H,12H2,1H3/b16-11+. The number of methoxy groups -OCH3 is 1. The minimum absolute atomic E-state index is 0.147. The highest BCUT2D eigenvalue weighted by Crippen LogP contribution is 2.32. The molecule has 0 saturated carbocycles. The molecule has 1 aliphatic heterocycles. The van der Waals surface area contributed by atoms with Crippen LogP contribution < -0.4 is 10.1 Å². The fourth-order valence-electron chi connectivity index (χ4n) is 2.21. The Morgan fingerprint density at radius 1 is 1.08 bits per heavy atom. The third kappa shape index (κ3) is 3.60. The van der Waals surface area contributed by atoms with Crippen molar-refractivity contribution in [2.75, 3.05) is 19.1 Å². The van der Waals surface area contributed by atoms with E-state index in [1.807, 2.05) is 54.6 Å². The minimum atomic E-state index is -0.288. The van der Waals surface area contributed by atoms with Crippen molar-refractivity contribution >= 4 is 34.7 Å². The fourth-order valence-corrected chi connectivity index (χ4v) is 3.05. The summed E-state index contributed by atoms with van der Waals surface area (Å²) in [7, 11) is 1.60. The molecule has 0 radical (unpaired) electrons. The number of imide groups is 1. The molecule has 1 N–H and O–H groups in total. The number of hydrogen-bond acceptors (Lipinski definition) is 5. The maximum absolute atomic E-state index is 12.4. The molecule has 0 spiro atoms. The molecule has 1 aliphatic rings. The predicted octanol–water partition coefficient (Wildman–Crippen LogP) is 3.80. The van der Waals surface area contributed by atoms with E-state index >= 15 is 0 Å². The van der Waals surface area contributed by atoms with E-state index in [2.05, 4.69) is 5.32 Å². The average molecular weight is 340 g/mol. The van der Waals surface area contributed by atoms with Crippen LogP contribution in [0.2, 0.25) is 0 Å². The number of ether oxygens (including phenoxy) is 1. The van der Waals surface area contributed by atoms with Crippen LogP contribution >= 0.6 is 11.8 Å². The van der Waals surface area contributed by atoms with Gasteiger partial charge in [0, 0.05) is 5.69 Å². The van der Waals surface area contributed by atoms with Crippen LogP contribution in [0.3, 0.4) is 0 Å². The zero-order chi connectivity index (χ0) is 16.9. The Kier molecular flexibility index (Phi) is 4.86. The van der Waals surface area contributed by atoms with Gasteiger partial charge >= 0.3 is 0 Å². The van der Waals surface area contributed by atoms with Crippen LogP contribution in [0.5, 0.6) is 5.75 Å². The van der Waals surface area contributed by atoms with Gasteiger partial charge < -0.3 is 10.1 Å². The lowest BCUT2D eigenvalue weighted by Crippen LogP contribution is -2.33. The Morgan fingerprint density at radius 3 is 2.46 bits per heavy atom. The van der Waals surface area contributed by atoms with Gasteiger partial charge in [-0.2, -0.15) is 0 Å². The molecule has 3 rings (SSSR count). The molecule has 2 aromatic rings. The number of hydrogen-bond donors (Lipinski definition) is 1. The van der Waals surface area contributed by atoms with Gasteiger partial charge in [0.05, 0.1) is 18.7 Å². The maximum atomic E-state index is 12.4. The number of carbonyl (C=O) groups is 2. The first kappa shape index (κ1) is 16.1. The van der Waals surface area contributed by atoms with Crippen molar-refractivity contribution in [1.82, 2.24) is 4.90 Å². The van der Waals surface area contributed by atoms with Gasteiger partial charge in [0.15, 0.2) is 0 Å². The summed E-state index contributed by atoms with van der Waals surface area (Å²) in [5.74, 6) is 0.455. The highest BCUT2D eigenvalue weighted by atomic mass is 32.2.